The van der Waals surface area contributed by atoms with Crippen molar-refractivity contribution >= 4 is 23.2 Å². The van der Waals surface area contributed by atoms with Crippen LogP contribution in [0.3, 0.4) is 0 Å². The number of benzene rings is 1. The second kappa shape index (κ2) is 4.44. The molecule has 0 aliphatic carbocycles. The van der Waals surface area contributed by atoms with Crippen LogP contribution in [0.5, 0.6) is 0 Å². The second-order valence-corrected chi connectivity index (χ2v) is 4.57. The van der Waals surface area contributed by atoms with Crippen LogP contribution in [0.15, 0.2) is 18.2 Å². The molecule has 2 aromatic rings. The van der Waals surface area contributed by atoms with E-state index in [4.69, 9.17) is 23.2 Å². The van der Waals surface area contributed by atoms with Gasteiger partial charge in [0.2, 0.25) is 0 Å². The molecule has 0 saturated carbocycles. The summed E-state index contributed by atoms with van der Waals surface area (Å²) in [5.41, 5.74) is 3.01. The lowest BCUT2D eigenvalue weighted by molar-refractivity contribution is 0.633. The highest BCUT2D eigenvalue weighted by atomic mass is 35.5. The Morgan fingerprint density at radius 3 is 2.25 bits per heavy atom. The Morgan fingerprint density at radius 1 is 1.12 bits per heavy atom. The molecule has 0 saturated heterocycles. The molecule has 0 bridgehead atoms. The topological polar surface area (TPSA) is 30.7 Å². The van der Waals surface area contributed by atoms with Gasteiger partial charge in [0.1, 0.15) is 0 Å². The van der Waals surface area contributed by atoms with E-state index in [1.807, 2.05) is 30.7 Å². The van der Waals surface area contributed by atoms with Gasteiger partial charge in [0.15, 0.2) is 0 Å². The third-order valence-corrected chi connectivity index (χ3v) is 2.90. The lowest BCUT2D eigenvalue weighted by Gasteiger charge is -2.05. The first-order valence-electron chi connectivity index (χ1n) is 4.88. The monoisotopic (exact) mass is 255 g/mol. The Balaban J connectivity index is 2.30. The number of rotatable bonds is 2. The molecule has 0 radical (unpaired) electrons. The summed E-state index contributed by atoms with van der Waals surface area (Å²) in [4.78, 5) is 0. The minimum atomic E-state index is 0.632. The molecule has 2 rings (SSSR count). The van der Waals surface area contributed by atoms with Crippen molar-refractivity contribution in [2.45, 2.75) is 20.4 Å². The number of aromatic nitrogens is 3. The van der Waals surface area contributed by atoms with Gasteiger partial charge >= 0.3 is 0 Å². The van der Waals surface area contributed by atoms with E-state index in [0.717, 1.165) is 17.0 Å². The maximum Gasteiger partial charge on any atom is 0.0825 e. The normalized spacial score (nSPS) is 10.8. The summed E-state index contributed by atoms with van der Waals surface area (Å²) in [7, 11) is 0. The van der Waals surface area contributed by atoms with Crippen LogP contribution in [0.25, 0.3) is 0 Å². The van der Waals surface area contributed by atoms with Crippen LogP contribution in [0.4, 0.5) is 0 Å². The summed E-state index contributed by atoms with van der Waals surface area (Å²) in [6, 6.07) is 5.47. The summed E-state index contributed by atoms with van der Waals surface area (Å²) in [6.45, 7) is 4.55. The van der Waals surface area contributed by atoms with E-state index < -0.39 is 0 Å². The van der Waals surface area contributed by atoms with E-state index in [0.29, 0.717) is 16.6 Å². The van der Waals surface area contributed by atoms with E-state index in [2.05, 4.69) is 10.3 Å². The van der Waals surface area contributed by atoms with E-state index in [1.165, 1.54) is 0 Å². The fourth-order valence-electron chi connectivity index (χ4n) is 1.47. The van der Waals surface area contributed by atoms with Crippen LogP contribution >= 0.6 is 23.2 Å². The number of hydrogen-bond donors (Lipinski definition) is 0. The quantitative estimate of drug-likeness (QED) is 0.825. The molecule has 0 amide bonds. The molecule has 3 nitrogen and oxygen atoms in total. The summed E-state index contributed by atoms with van der Waals surface area (Å²) >= 11 is 11.9. The van der Waals surface area contributed by atoms with Crippen molar-refractivity contribution in [3.63, 3.8) is 0 Å². The average Bonchev–Trinajstić information content (AvgIpc) is 2.48. The van der Waals surface area contributed by atoms with E-state index in [1.54, 1.807) is 6.07 Å². The third-order valence-electron chi connectivity index (χ3n) is 2.47. The molecule has 5 heteroatoms. The molecule has 84 valence electrons. The molecule has 1 aromatic heterocycles. The summed E-state index contributed by atoms with van der Waals surface area (Å²) in [5.74, 6) is 0. The van der Waals surface area contributed by atoms with E-state index >= 15 is 0 Å². The number of hydrogen-bond acceptors (Lipinski definition) is 2. The van der Waals surface area contributed by atoms with Gasteiger partial charge in [-0.05, 0) is 37.6 Å². The van der Waals surface area contributed by atoms with Crippen LogP contribution in [0.1, 0.15) is 17.0 Å². The molecule has 0 spiro atoms. The molecule has 1 heterocycles. The minimum absolute atomic E-state index is 0.632. The molecule has 0 unspecified atom stereocenters. The highest BCUT2D eigenvalue weighted by Crippen LogP contribution is 2.20. The lowest BCUT2D eigenvalue weighted by atomic mass is 10.2. The molecule has 0 aliphatic rings. The first-order valence-corrected chi connectivity index (χ1v) is 5.63. The highest BCUT2D eigenvalue weighted by Gasteiger charge is 2.05. The van der Waals surface area contributed by atoms with Gasteiger partial charge in [-0.3, -0.25) is 0 Å². The van der Waals surface area contributed by atoms with Gasteiger partial charge < -0.3 is 0 Å². The lowest BCUT2D eigenvalue weighted by Crippen LogP contribution is -2.04. The number of aryl methyl sites for hydroxylation is 1. The molecule has 0 aliphatic heterocycles. The smallest absolute Gasteiger partial charge is 0.0825 e. The van der Waals surface area contributed by atoms with Gasteiger partial charge in [-0.1, -0.05) is 28.4 Å². The number of nitrogens with zero attached hydrogens (tertiary/aromatic N) is 3. The Labute approximate surface area is 104 Å². The minimum Gasteiger partial charge on any atom is -0.245 e. The van der Waals surface area contributed by atoms with Crippen molar-refractivity contribution in [2.75, 3.05) is 0 Å². The van der Waals surface area contributed by atoms with Crippen LogP contribution in [-0.2, 0) is 6.54 Å². The first kappa shape index (κ1) is 11.4. The summed E-state index contributed by atoms with van der Waals surface area (Å²) < 4.78 is 1.83. The third kappa shape index (κ3) is 2.36. The summed E-state index contributed by atoms with van der Waals surface area (Å²) in [6.07, 6.45) is 0. The maximum atomic E-state index is 5.93. The standard InChI is InChI=1S/C11H11Cl2N3/c1-7-8(2)16(15-14-7)6-9-3-10(12)5-11(13)4-9/h3-5H,6H2,1-2H3. The Kier molecular flexibility index (Phi) is 3.17. The molecule has 1 aromatic carbocycles. The highest BCUT2D eigenvalue weighted by molar-refractivity contribution is 6.34. The Morgan fingerprint density at radius 2 is 1.75 bits per heavy atom. The van der Waals surface area contributed by atoms with E-state index in [9.17, 15) is 0 Å². The van der Waals surface area contributed by atoms with Crippen molar-refractivity contribution in [1.29, 1.82) is 0 Å². The summed E-state index contributed by atoms with van der Waals surface area (Å²) in [5, 5.41) is 9.33. The SMILES string of the molecule is Cc1nnn(Cc2cc(Cl)cc(Cl)c2)c1C. The maximum absolute atomic E-state index is 5.93. The Bertz CT molecular complexity index is 500. The predicted octanol–water partition coefficient (Wildman–Crippen LogP) is 3.25. The van der Waals surface area contributed by atoms with Gasteiger partial charge in [-0.25, -0.2) is 4.68 Å². The van der Waals surface area contributed by atoms with Gasteiger partial charge in [-0.15, -0.1) is 5.10 Å². The van der Waals surface area contributed by atoms with Crippen LogP contribution in [0, 0.1) is 13.8 Å². The van der Waals surface area contributed by atoms with Crippen LogP contribution < -0.4 is 0 Å². The molecule has 16 heavy (non-hydrogen) atoms. The van der Waals surface area contributed by atoms with Crippen molar-refractivity contribution in [2.24, 2.45) is 0 Å². The molecule has 0 N–H and O–H groups in total. The predicted molar refractivity (Wildman–Crippen MR) is 65.1 cm³/mol. The van der Waals surface area contributed by atoms with Crippen molar-refractivity contribution in [3.05, 3.63) is 45.2 Å². The fourth-order valence-corrected chi connectivity index (χ4v) is 2.04. The second-order valence-electron chi connectivity index (χ2n) is 3.70. The van der Waals surface area contributed by atoms with Gasteiger partial charge in [0, 0.05) is 10.0 Å². The van der Waals surface area contributed by atoms with Crippen LogP contribution in [0.2, 0.25) is 10.0 Å². The van der Waals surface area contributed by atoms with Crippen molar-refractivity contribution in [3.8, 4) is 0 Å². The Hall–Kier alpha value is -1.06. The molecular weight excluding hydrogens is 245 g/mol. The zero-order valence-electron chi connectivity index (χ0n) is 9.04. The molecule has 0 fully saturated rings. The zero-order valence-corrected chi connectivity index (χ0v) is 10.5. The van der Waals surface area contributed by atoms with E-state index in [-0.39, 0.29) is 0 Å². The van der Waals surface area contributed by atoms with Gasteiger partial charge in [0.25, 0.3) is 0 Å². The average molecular weight is 256 g/mol. The fraction of sp³-hybridized carbons (Fsp3) is 0.273. The van der Waals surface area contributed by atoms with Crippen molar-refractivity contribution < 1.29 is 0 Å². The first-order chi connectivity index (χ1) is 7.56. The molecular formula is C11H11Cl2N3. The zero-order chi connectivity index (χ0) is 11.7. The van der Waals surface area contributed by atoms with Gasteiger partial charge in [-0.2, -0.15) is 0 Å². The largest absolute Gasteiger partial charge is 0.245 e. The molecule has 0 atom stereocenters. The van der Waals surface area contributed by atoms with Crippen molar-refractivity contribution in [1.82, 2.24) is 15.0 Å². The van der Waals surface area contributed by atoms with Crippen LogP contribution in [-0.4, -0.2) is 15.0 Å². The van der Waals surface area contributed by atoms with Gasteiger partial charge in [0.05, 0.1) is 17.9 Å². The number of halogens is 2.